The highest BCUT2D eigenvalue weighted by atomic mass is 16.5. The minimum atomic E-state index is -0.209. The summed E-state index contributed by atoms with van der Waals surface area (Å²) in [7, 11) is 0. The zero-order valence-corrected chi connectivity index (χ0v) is 11.2. The van der Waals surface area contributed by atoms with Crippen molar-refractivity contribution in [1.82, 2.24) is 10.6 Å². The lowest BCUT2D eigenvalue weighted by Gasteiger charge is -2.12. The lowest BCUT2D eigenvalue weighted by Crippen LogP contribution is -2.39. The first-order valence-electron chi connectivity index (χ1n) is 6.30. The molecule has 1 aromatic rings. The molecule has 0 saturated carbocycles. The molecule has 19 heavy (non-hydrogen) atoms. The van der Waals surface area contributed by atoms with E-state index in [1.165, 1.54) is 5.56 Å². The molecule has 1 atom stereocenters. The molecule has 2 amide bonds. The van der Waals surface area contributed by atoms with Gasteiger partial charge in [-0.05, 0) is 37.1 Å². The first kappa shape index (κ1) is 13.4. The van der Waals surface area contributed by atoms with Crippen molar-refractivity contribution >= 4 is 11.8 Å². The van der Waals surface area contributed by atoms with Crippen molar-refractivity contribution < 1.29 is 14.3 Å². The predicted octanol–water partition coefficient (Wildman–Crippen LogP) is 0.687. The smallest absolute Gasteiger partial charge is 0.258 e. The van der Waals surface area contributed by atoms with Gasteiger partial charge in [0.25, 0.3) is 5.91 Å². The van der Waals surface area contributed by atoms with Gasteiger partial charge in [-0.1, -0.05) is 6.07 Å². The van der Waals surface area contributed by atoms with E-state index < -0.39 is 0 Å². The van der Waals surface area contributed by atoms with Crippen LogP contribution in [-0.4, -0.2) is 31.0 Å². The second-order valence-electron chi connectivity index (χ2n) is 4.81. The van der Waals surface area contributed by atoms with Gasteiger partial charge in [-0.25, -0.2) is 0 Å². The van der Waals surface area contributed by atoms with Crippen molar-refractivity contribution in [2.24, 2.45) is 0 Å². The Morgan fingerprint density at radius 1 is 1.42 bits per heavy atom. The maximum absolute atomic E-state index is 11.7. The second kappa shape index (κ2) is 5.73. The molecule has 1 heterocycles. The van der Waals surface area contributed by atoms with Gasteiger partial charge in [0, 0.05) is 13.0 Å². The first-order chi connectivity index (χ1) is 9.04. The van der Waals surface area contributed by atoms with Crippen molar-refractivity contribution in [3.8, 4) is 5.75 Å². The number of aryl methyl sites for hydroxylation is 2. The zero-order valence-electron chi connectivity index (χ0n) is 11.2. The van der Waals surface area contributed by atoms with E-state index in [0.29, 0.717) is 18.7 Å². The molecule has 102 valence electrons. The Morgan fingerprint density at radius 2 is 2.21 bits per heavy atom. The molecule has 5 heteroatoms. The normalized spacial score (nSPS) is 18.0. The number of hydrogen-bond donors (Lipinski definition) is 2. The minimum absolute atomic E-state index is 0.0274. The summed E-state index contributed by atoms with van der Waals surface area (Å²) in [5.41, 5.74) is 2.32. The van der Waals surface area contributed by atoms with Crippen LogP contribution in [0.4, 0.5) is 0 Å². The van der Waals surface area contributed by atoms with E-state index in [4.69, 9.17) is 4.74 Å². The molecule has 1 saturated heterocycles. The van der Waals surface area contributed by atoms with E-state index in [0.717, 1.165) is 5.56 Å². The Hall–Kier alpha value is -2.04. The fourth-order valence-corrected chi connectivity index (χ4v) is 1.93. The Morgan fingerprint density at radius 3 is 2.84 bits per heavy atom. The molecule has 1 fully saturated rings. The first-order valence-corrected chi connectivity index (χ1v) is 6.30. The standard InChI is InChI=1S/C14H18N2O3/c1-9-3-4-12(5-10(9)2)19-8-14(18)16-11-6-13(17)15-7-11/h3-5,11H,6-8H2,1-2H3,(H,15,17)(H,16,18). The third-order valence-corrected chi connectivity index (χ3v) is 3.19. The maximum Gasteiger partial charge on any atom is 0.258 e. The van der Waals surface area contributed by atoms with E-state index in [-0.39, 0.29) is 24.5 Å². The van der Waals surface area contributed by atoms with Gasteiger partial charge in [-0.2, -0.15) is 0 Å². The van der Waals surface area contributed by atoms with Crippen molar-refractivity contribution in [2.75, 3.05) is 13.2 Å². The van der Waals surface area contributed by atoms with Gasteiger partial charge in [0.2, 0.25) is 5.91 Å². The number of ether oxygens (including phenoxy) is 1. The predicted molar refractivity (Wildman–Crippen MR) is 71.0 cm³/mol. The molecule has 0 radical (unpaired) electrons. The molecule has 1 unspecified atom stereocenters. The molecule has 0 spiro atoms. The average Bonchev–Trinajstić information content (AvgIpc) is 2.76. The van der Waals surface area contributed by atoms with Crippen molar-refractivity contribution in [2.45, 2.75) is 26.3 Å². The average molecular weight is 262 g/mol. The van der Waals surface area contributed by atoms with E-state index in [2.05, 4.69) is 10.6 Å². The van der Waals surface area contributed by atoms with Crippen LogP contribution < -0.4 is 15.4 Å². The molecule has 0 aromatic heterocycles. The van der Waals surface area contributed by atoms with Gasteiger partial charge in [0.1, 0.15) is 5.75 Å². The molecule has 1 aliphatic heterocycles. The van der Waals surface area contributed by atoms with Crippen LogP contribution in [0, 0.1) is 13.8 Å². The summed E-state index contributed by atoms with van der Waals surface area (Å²) in [6.07, 6.45) is 0.343. The van der Waals surface area contributed by atoms with Gasteiger partial charge in [0.15, 0.2) is 6.61 Å². The van der Waals surface area contributed by atoms with Crippen LogP contribution >= 0.6 is 0 Å². The Bertz CT molecular complexity index is 499. The number of carbonyl (C=O) groups is 2. The van der Waals surface area contributed by atoms with Crippen LogP contribution in [0.2, 0.25) is 0 Å². The van der Waals surface area contributed by atoms with Gasteiger partial charge in [-0.15, -0.1) is 0 Å². The molecule has 0 bridgehead atoms. The van der Waals surface area contributed by atoms with E-state index in [9.17, 15) is 9.59 Å². The second-order valence-corrected chi connectivity index (χ2v) is 4.81. The van der Waals surface area contributed by atoms with Crippen LogP contribution in [0.1, 0.15) is 17.5 Å². The van der Waals surface area contributed by atoms with Crippen LogP contribution in [0.5, 0.6) is 5.75 Å². The number of benzene rings is 1. The van der Waals surface area contributed by atoms with Crippen molar-refractivity contribution in [3.63, 3.8) is 0 Å². The summed E-state index contributed by atoms with van der Waals surface area (Å²) >= 11 is 0. The summed E-state index contributed by atoms with van der Waals surface area (Å²) in [5.74, 6) is 0.443. The van der Waals surface area contributed by atoms with Crippen LogP contribution in [0.25, 0.3) is 0 Å². The number of amides is 2. The monoisotopic (exact) mass is 262 g/mol. The molecule has 1 aliphatic rings. The summed E-state index contributed by atoms with van der Waals surface area (Å²) in [6, 6.07) is 5.59. The quantitative estimate of drug-likeness (QED) is 0.839. The molecular weight excluding hydrogens is 244 g/mol. The summed E-state index contributed by atoms with van der Waals surface area (Å²) in [5, 5.41) is 5.43. The maximum atomic E-state index is 11.7. The van der Waals surface area contributed by atoms with E-state index in [1.807, 2.05) is 32.0 Å². The van der Waals surface area contributed by atoms with Crippen molar-refractivity contribution in [1.29, 1.82) is 0 Å². The lowest BCUT2D eigenvalue weighted by atomic mass is 10.1. The van der Waals surface area contributed by atoms with Gasteiger partial charge >= 0.3 is 0 Å². The van der Waals surface area contributed by atoms with E-state index in [1.54, 1.807) is 0 Å². The van der Waals surface area contributed by atoms with Gasteiger partial charge in [0.05, 0.1) is 6.04 Å². The zero-order chi connectivity index (χ0) is 13.8. The Labute approximate surface area is 112 Å². The van der Waals surface area contributed by atoms with Crippen molar-refractivity contribution in [3.05, 3.63) is 29.3 Å². The fraction of sp³-hybridized carbons (Fsp3) is 0.429. The largest absolute Gasteiger partial charge is 0.484 e. The highest BCUT2D eigenvalue weighted by molar-refractivity contribution is 5.82. The number of carbonyl (C=O) groups excluding carboxylic acids is 2. The van der Waals surface area contributed by atoms with Crippen LogP contribution in [0.3, 0.4) is 0 Å². The molecule has 2 N–H and O–H groups in total. The Kier molecular flexibility index (Phi) is 4.04. The third-order valence-electron chi connectivity index (χ3n) is 3.19. The highest BCUT2D eigenvalue weighted by Gasteiger charge is 2.22. The van der Waals surface area contributed by atoms with Gasteiger partial charge in [-0.3, -0.25) is 9.59 Å². The number of nitrogens with one attached hydrogen (secondary N) is 2. The summed E-state index contributed by atoms with van der Waals surface area (Å²) in [6.45, 7) is 4.48. The number of rotatable bonds is 4. The fourth-order valence-electron chi connectivity index (χ4n) is 1.93. The van der Waals surface area contributed by atoms with Gasteiger partial charge < -0.3 is 15.4 Å². The summed E-state index contributed by atoms with van der Waals surface area (Å²) < 4.78 is 5.42. The molecule has 2 rings (SSSR count). The van der Waals surface area contributed by atoms with Crippen LogP contribution in [-0.2, 0) is 9.59 Å². The Balaban J connectivity index is 1.79. The minimum Gasteiger partial charge on any atom is -0.484 e. The molecule has 1 aromatic carbocycles. The lowest BCUT2D eigenvalue weighted by molar-refractivity contribution is -0.123. The summed E-state index contributed by atoms with van der Waals surface area (Å²) in [4.78, 5) is 22.6. The third kappa shape index (κ3) is 3.71. The SMILES string of the molecule is Cc1ccc(OCC(=O)NC2CNC(=O)C2)cc1C. The highest BCUT2D eigenvalue weighted by Crippen LogP contribution is 2.16. The molecule has 0 aliphatic carbocycles. The topological polar surface area (TPSA) is 67.4 Å². The molecule has 5 nitrogen and oxygen atoms in total. The molecular formula is C14H18N2O3. The van der Waals surface area contributed by atoms with Crippen LogP contribution in [0.15, 0.2) is 18.2 Å². The van der Waals surface area contributed by atoms with E-state index >= 15 is 0 Å². The number of hydrogen-bond acceptors (Lipinski definition) is 3.